The van der Waals surface area contributed by atoms with Gasteiger partial charge in [0.25, 0.3) is 0 Å². The number of hydrogen-bond acceptors (Lipinski definition) is 4. The zero-order chi connectivity index (χ0) is 14.5. The van der Waals surface area contributed by atoms with Crippen LogP contribution in [-0.2, 0) is 19.0 Å². The van der Waals surface area contributed by atoms with Gasteiger partial charge >= 0.3 is 0 Å². The van der Waals surface area contributed by atoms with Gasteiger partial charge in [-0.15, -0.1) is 0 Å². The first-order chi connectivity index (χ1) is 9.02. The van der Waals surface area contributed by atoms with Crippen molar-refractivity contribution in [3.05, 3.63) is 0 Å². The van der Waals surface area contributed by atoms with Gasteiger partial charge in [0.2, 0.25) is 5.91 Å². The summed E-state index contributed by atoms with van der Waals surface area (Å²) < 4.78 is 16.0. The second kappa shape index (κ2) is 12.4. The van der Waals surface area contributed by atoms with Crippen LogP contribution in [0.2, 0.25) is 0 Å². The summed E-state index contributed by atoms with van der Waals surface area (Å²) in [6, 6.07) is 0.182. The van der Waals surface area contributed by atoms with E-state index >= 15 is 0 Å². The highest BCUT2D eigenvalue weighted by molar-refractivity contribution is 5.76. The summed E-state index contributed by atoms with van der Waals surface area (Å²) in [7, 11) is 0. The van der Waals surface area contributed by atoms with E-state index in [9.17, 15) is 4.79 Å². The number of ether oxygens (including phenoxy) is 3. The fourth-order valence-corrected chi connectivity index (χ4v) is 1.32. The van der Waals surface area contributed by atoms with Crippen LogP contribution in [0, 0.1) is 5.92 Å². The van der Waals surface area contributed by atoms with Crippen LogP contribution in [-0.4, -0.2) is 51.6 Å². The predicted octanol–water partition coefficient (Wildman–Crippen LogP) is 1.61. The third-order valence-electron chi connectivity index (χ3n) is 2.12. The van der Waals surface area contributed by atoms with Crippen LogP contribution in [0.15, 0.2) is 0 Å². The topological polar surface area (TPSA) is 56.8 Å². The molecule has 0 bridgehead atoms. The van der Waals surface area contributed by atoms with Gasteiger partial charge in [-0.1, -0.05) is 13.8 Å². The Morgan fingerprint density at radius 2 is 1.42 bits per heavy atom. The summed E-state index contributed by atoms with van der Waals surface area (Å²) in [5, 5.41) is 2.81. The van der Waals surface area contributed by atoms with Crippen LogP contribution in [0.25, 0.3) is 0 Å². The average molecular weight is 275 g/mol. The second-order valence-electron chi connectivity index (χ2n) is 5.17. The van der Waals surface area contributed by atoms with E-state index in [1.54, 1.807) is 0 Å². The van der Waals surface area contributed by atoms with E-state index in [0.717, 1.165) is 6.61 Å². The largest absolute Gasteiger partial charge is 0.379 e. The van der Waals surface area contributed by atoms with Gasteiger partial charge < -0.3 is 19.5 Å². The second-order valence-corrected chi connectivity index (χ2v) is 5.17. The zero-order valence-corrected chi connectivity index (χ0v) is 12.7. The first-order valence-corrected chi connectivity index (χ1v) is 7.05. The number of nitrogens with one attached hydrogen (secondary N) is 1. The first-order valence-electron chi connectivity index (χ1n) is 7.05. The van der Waals surface area contributed by atoms with E-state index in [-0.39, 0.29) is 11.9 Å². The van der Waals surface area contributed by atoms with E-state index in [0.29, 0.717) is 45.4 Å². The fraction of sp³-hybridized carbons (Fsp3) is 0.929. The molecule has 1 amide bonds. The summed E-state index contributed by atoms with van der Waals surface area (Å²) in [6.07, 6.45) is 0.398. The molecule has 0 spiro atoms. The van der Waals surface area contributed by atoms with Crippen molar-refractivity contribution in [2.45, 2.75) is 40.2 Å². The first kappa shape index (κ1) is 18.4. The van der Waals surface area contributed by atoms with Gasteiger partial charge in [-0.05, 0) is 19.8 Å². The minimum atomic E-state index is 0.0259. The molecule has 0 radical (unpaired) electrons. The van der Waals surface area contributed by atoms with Gasteiger partial charge in [0.05, 0.1) is 33.0 Å². The molecule has 1 N–H and O–H groups in total. The lowest BCUT2D eigenvalue weighted by atomic mass is 10.2. The Morgan fingerprint density at radius 1 is 0.895 bits per heavy atom. The lowest BCUT2D eigenvalue weighted by molar-refractivity contribution is -0.122. The lowest BCUT2D eigenvalue weighted by Crippen LogP contribution is -2.30. The molecular weight excluding hydrogens is 246 g/mol. The van der Waals surface area contributed by atoms with Gasteiger partial charge in [0, 0.05) is 19.1 Å². The van der Waals surface area contributed by atoms with Crippen molar-refractivity contribution < 1.29 is 19.0 Å². The molecule has 0 aromatic heterocycles. The Morgan fingerprint density at radius 3 is 1.95 bits per heavy atom. The van der Waals surface area contributed by atoms with Crippen molar-refractivity contribution in [1.82, 2.24) is 5.32 Å². The van der Waals surface area contributed by atoms with E-state index in [1.165, 1.54) is 0 Å². The molecule has 0 unspecified atom stereocenters. The summed E-state index contributed by atoms with van der Waals surface area (Å²) in [4.78, 5) is 11.3. The van der Waals surface area contributed by atoms with Crippen molar-refractivity contribution in [1.29, 1.82) is 0 Å². The molecule has 0 fully saturated rings. The Balaban J connectivity index is 3.13. The van der Waals surface area contributed by atoms with Crippen molar-refractivity contribution in [2.75, 3.05) is 39.6 Å². The molecule has 0 atom stereocenters. The van der Waals surface area contributed by atoms with Crippen LogP contribution in [0.5, 0.6) is 0 Å². The summed E-state index contributed by atoms with van der Waals surface area (Å²) in [5.41, 5.74) is 0. The fourth-order valence-electron chi connectivity index (χ4n) is 1.32. The molecule has 0 aromatic rings. The number of carbonyl (C=O) groups excluding carboxylic acids is 1. The monoisotopic (exact) mass is 275 g/mol. The Hall–Kier alpha value is -0.650. The van der Waals surface area contributed by atoms with Gasteiger partial charge in [-0.2, -0.15) is 0 Å². The van der Waals surface area contributed by atoms with Crippen LogP contribution < -0.4 is 5.32 Å². The van der Waals surface area contributed by atoms with Gasteiger partial charge in [0.15, 0.2) is 0 Å². The molecule has 0 aliphatic rings. The molecule has 114 valence electrons. The number of amides is 1. The Bertz CT molecular complexity index is 219. The Labute approximate surface area is 117 Å². The van der Waals surface area contributed by atoms with Gasteiger partial charge in [-0.25, -0.2) is 0 Å². The maximum absolute atomic E-state index is 11.3. The maximum atomic E-state index is 11.3. The highest BCUT2D eigenvalue weighted by atomic mass is 16.5. The quantitative estimate of drug-likeness (QED) is 0.550. The molecule has 0 saturated heterocycles. The summed E-state index contributed by atoms with van der Waals surface area (Å²) in [6.45, 7) is 11.6. The molecule has 0 aromatic carbocycles. The molecule has 0 aliphatic heterocycles. The van der Waals surface area contributed by atoms with E-state index in [4.69, 9.17) is 14.2 Å². The highest BCUT2D eigenvalue weighted by Gasteiger charge is 2.02. The van der Waals surface area contributed by atoms with Gasteiger partial charge in [0.1, 0.15) is 0 Å². The summed E-state index contributed by atoms with van der Waals surface area (Å²) >= 11 is 0. The van der Waals surface area contributed by atoms with Gasteiger partial charge in [-0.3, -0.25) is 4.79 Å². The smallest absolute Gasteiger partial charge is 0.222 e. The lowest BCUT2D eigenvalue weighted by Gasteiger charge is -2.09. The molecular formula is C14H29NO4. The van der Waals surface area contributed by atoms with Crippen LogP contribution >= 0.6 is 0 Å². The summed E-state index contributed by atoms with van der Waals surface area (Å²) in [5.74, 6) is 0.582. The zero-order valence-electron chi connectivity index (χ0n) is 12.7. The van der Waals surface area contributed by atoms with Crippen molar-refractivity contribution >= 4 is 5.91 Å². The van der Waals surface area contributed by atoms with E-state index in [2.05, 4.69) is 19.2 Å². The molecule has 0 aliphatic carbocycles. The number of rotatable bonds is 12. The molecule has 19 heavy (non-hydrogen) atoms. The molecule has 0 heterocycles. The van der Waals surface area contributed by atoms with E-state index < -0.39 is 0 Å². The third-order valence-corrected chi connectivity index (χ3v) is 2.12. The minimum absolute atomic E-state index is 0.0259. The van der Waals surface area contributed by atoms with Crippen LogP contribution in [0.1, 0.15) is 34.1 Å². The highest BCUT2D eigenvalue weighted by Crippen LogP contribution is 1.92. The van der Waals surface area contributed by atoms with Crippen molar-refractivity contribution in [3.8, 4) is 0 Å². The third kappa shape index (κ3) is 15.3. The predicted molar refractivity (Wildman–Crippen MR) is 75.2 cm³/mol. The Kier molecular flexibility index (Phi) is 12.0. The normalized spacial score (nSPS) is 11.3. The maximum Gasteiger partial charge on any atom is 0.222 e. The SMILES string of the molecule is CC(C)COCCOCCOCCC(=O)NC(C)C. The molecule has 5 nitrogen and oxygen atoms in total. The van der Waals surface area contributed by atoms with Crippen molar-refractivity contribution in [3.63, 3.8) is 0 Å². The van der Waals surface area contributed by atoms with E-state index in [1.807, 2.05) is 13.8 Å². The van der Waals surface area contributed by atoms with Crippen molar-refractivity contribution in [2.24, 2.45) is 5.92 Å². The molecule has 0 rings (SSSR count). The standard InChI is InChI=1S/C14H29NO4/c1-12(2)11-19-10-9-18-8-7-17-6-5-14(16)15-13(3)4/h12-13H,5-11H2,1-4H3,(H,15,16). The van der Waals surface area contributed by atoms with Crippen LogP contribution in [0.3, 0.4) is 0 Å². The van der Waals surface area contributed by atoms with Crippen LogP contribution in [0.4, 0.5) is 0 Å². The minimum Gasteiger partial charge on any atom is -0.379 e. The molecule has 0 saturated carbocycles. The number of hydrogen-bond donors (Lipinski definition) is 1. The number of carbonyl (C=O) groups is 1. The average Bonchev–Trinajstić information content (AvgIpc) is 2.30. The molecule has 5 heteroatoms.